The number of aliphatic hydroxyl groups excluding tert-OH is 3. The van der Waals surface area contributed by atoms with Gasteiger partial charge in [0.2, 0.25) is 0 Å². The third-order valence-corrected chi connectivity index (χ3v) is 2.16. The molecule has 1 fully saturated rings. The SMILES string of the molecule is CC(N)O[C@@H]1O[C@H](C(=O)O)[C@@H](O)[C@H](O)[C@H]1O. The molecule has 0 saturated carbocycles. The van der Waals surface area contributed by atoms with E-state index < -0.39 is 42.9 Å². The lowest BCUT2D eigenvalue weighted by Crippen LogP contribution is -2.61. The molecule has 1 aliphatic rings. The number of aliphatic hydroxyl groups is 3. The van der Waals surface area contributed by atoms with Crippen molar-refractivity contribution in [3.8, 4) is 0 Å². The van der Waals surface area contributed by atoms with Gasteiger partial charge in [-0.1, -0.05) is 0 Å². The van der Waals surface area contributed by atoms with Crippen LogP contribution < -0.4 is 5.73 Å². The Hall–Kier alpha value is -0.770. The van der Waals surface area contributed by atoms with Crippen LogP contribution in [-0.2, 0) is 14.3 Å². The van der Waals surface area contributed by atoms with E-state index in [1.165, 1.54) is 6.92 Å². The van der Waals surface area contributed by atoms with Crippen molar-refractivity contribution < 1.29 is 34.7 Å². The van der Waals surface area contributed by atoms with Gasteiger partial charge >= 0.3 is 5.97 Å². The van der Waals surface area contributed by atoms with Gasteiger partial charge in [-0.25, -0.2) is 4.79 Å². The van der Waals surface area contributed by atoms with Gasteiger partial charge in [0.25, 0.3) is 0 Å². The first-order valence-electron chi connectivity index (χ1n) is 4.68. The number of rotatable bonds is 3. The zero-order valence-electron chi connectivity index (χ0n) is 8.56. The molecular formula is C8H15NO7. The van der Waals surface area contributed by atoms with Crippen molar-refractivity contribution in [2.75, 3.05) is 0 Å². The van der Waals surface area contributed by atoms with E-state index in [1.807, 2.05) is 0 Å². The Balaban J connectivity index is 2.77. The van der Waals surface area contributed by atoms with Crippen molar-refractivity contribution in [1.29, 1.82) is 0 Å². The van der Waals surface area contributed by atoms with Crippen molar-refractivity contribution in [3.63, 3.8) is 0 Å². The second-order valence-electron chi connectivity index (χ2n) is 3.58. The molecular weight excluding hydrogens is 222 g/mol. The number of carboxylic acids is 1. The Morgan fingerprint density at radius 1 is 1.31 bits per heavy atom. The topological polar surface area (TPSA) is 142 Å². The van der Waals surface area contributed by atoms with Crippen LogP contribution in [0.3, 0.4) is 0 Å². The van der Waals surface area contributed by atoms with Crippen molar-refractivity contribution >= 4 is 5.97 Å². The van der Waals surface area contributed by atoms with Crippen LogP contribution in [-0.4, -0.2) is 63.3 Å². The first kappa shape index (κ1) is 13.3. The molecule has 8 heteroatoms. The molecule has 0 aromatic carbocycles. The number of hydrogen-bond donors (Lipinski definition) is 5. The molecule has 0 aromatic rings. The maximum Gasteiger partial charge on any atom is 0.335 e. The average Bonchev–Trinajstić information content (AvgIpc) is 2.18. The lowest BCUT2D eigenvalue weighted by molar-refractivity contribution is -0.302. The zero-order valence-corrected chi connectivity index (χ0v) is 8.56. The molecule has 0 aromatic heterocycles. The molecule has 0 aliphatic carbocycles. The molecule has 0 amide bonds. The predicted octanol–water partition coefficient (Wildman–Crippen LogP) is -2.80. The van der Waals surface area contributed by atoms with E-state index in [1.54, 1.807) is 0 Å². The number of carbonyl (C=O) groups is 1. The Labute approximate surface area is 91.2 Å². The van der Waals surface area contributed by atoms with Gasteiger partial charge < -0.3 is 35.6 Å². The predicted molar refractivity (Wildman–Crippen MR) is 49.1 cm³/mol. The summed E-state index contributed by atoms with van der Waals surface area (Å²) in [5, 5.41) is 36.9. The van der Waals surface area contributed by atoms with Crippen LogP contribution in [0.4, 0.5) is 0 Å². The molecule has 1 heterocycles. The van der Waals surface area contributed by atoms with Gasteiger partial charge in [-0.05, 0) is 6.92 Å². The second kappa shape index (κ2) is 5.04. The summed E-state index contributed by atoms with van der Waals surface area (Å²) in [6, 6.07) is 0. The second-order valence-corrected chi connectivity index (χ2v) is 3.58. The fraction of sp³-hybridized carbons (Fsp3) is 0.875. The smallest absolute Gasteiger partial charge is 0.335 e. The van der Waals surface area contributed by atoms with E-state index in [0.29, 0.717) is 0 Å². The quantitative estimate of drug-likeness (QED) is 0.331. The molecule has 1 rings (SSSR count). The van der Waals surface area contributed by atoms with Crippen molar-refractivity contribution in [1.82, 2.24) is 0 Å². The van der Waals surface area contributed by atoms with Gasteiger partial charge in [0.05, 0.1) is 0 Å². The fourth-order valence-electron chi connectivity index (χ4n) is 1.38. The number of ether oxygens (including phenoxy) is 2. The monoisotopic (exact) mass is 237 g/mol. The third kappa shape index (κ3) is 2.67. The highest BCUT2D eigenvalue weighted by Gasteiger charge is 2.47. The minimum absolute atomic E-state index is 0.809. The molecule has 16 heavy (non-hydrogen) atoms. The Morgan fingerprint density at radius 3 is 2.31 bits per heavy atom. The Morgan fingerprint density at radius 2 is 1.88 bits per heavy atom. The number of carboxylic acid groups (broad SMARTS) is 1. The minimum atomic E-state index is -1.72. The van der Waals surface area contributed by atoms with Crippen LogP contribution in [0, 0.1) is 0 Å². The highest BCUT2D eigenvalue weighted by atomic mass is 16.7. The van der Waals surface area contributed by atoms with E-state index in [-0.39, 0.29) is 0 Å². The molecule has 6 N–H and O–H groups in total. The van der Waals surface area contributed by atoms with Crippen LogP contribution in [0.25, 0.3) is 0 Å². The summed E-state index contributed by atoms with van der Waals surface area (Å²) in [7, 11) is 0. The summed E-state index contributed by atoms with van der Waals surface area (Å²) in [6.45, 7) is 1.45. The average molecular weight is 237 g/mol. The highest BCUT2D eigenvalue weighted by Crippen LogP contribution is 2.22. The Bertz CT molecular complexity index is 259. The molecule has 1 unspecified atom stereocenters. The van der Waals surface area contributed by atoms with E-state index in [2.05, 4.69) is 0 Å². The van der Waals surface area contributed by atoms with Crippen LogP contribution >= 0.6 is 0 Å². The van der Waals surface area contributed by atoms with Crippen molar-refractivity contribution in [2.45, 2.75) is 43.9 Å². The zero-order chi connectivity index (χ0) is 12.5. The molecule has 0 radical (unpaired) electrons. The Kier molecular flexibility index (Phi) is 4.19. The molecule has 0 bridgehead atoms. The van der Waals surface area contributed by atoms with Gasteiger partial charge in [0.1, 0.15) is 24.5 Å². The summed E-state index contributed by atoms with van der Waals surface area (Å²) in [5.74, 6) is -1.46. The van der Waals surface area contributed by atoms with E-state index in [0.717, 1.165) is 0 Å². The first-order chi connectivity index (χ1) is 7.34. The summed E-state index contributed by atoms with van der Waals surface area (Å²) in [5.41, 5.74) is 5.28. The molecule has 94 valence electrons. The fourth-order valence-corrected chi connectivity index (χ4v) is 1.38. The first-order valence-corrected chi connectivity index (χ1v) is 4.68. The molecule has 6 atom stereocenters. The van der Waals surface area contributed by atoms with Crippen molar-refractivity contribution in [3.05, 3.63) is 0 Å². The number of aliphatic carboxylic acids is 1. The van der Waals surface area contributed by atoms with Gasteiger partial charge in [-0.2, -0.15) is 0 Å². The van der Waals surface area contributed by atoms with E-state index in [9.17, 15) is 20.1 Å². The third-order valence-electron chi connectivity index (χ3n) is 2.16. The van der Waals surface area contributed by atoms with E-state index >= 15 is 0 Å². The molecule has 0 spiro atoms. The summed E-state index contributed by atoms with van der Waals surface area (Å²) in [4.78, 5) is 10.7. The standard InChI is InChI=1S/C8H15NO7/c1-2(9)15-8-5(12)3(10)4(11)6(16-8)7(13)14/h2-6,8,10-12H,9H2,1H3,(H,13,14)/t2?,3-,4-,5+,6-,8+/m0/s1. The number of nitrogens with two attached hydrogens (primary N) is 1. The van der Waals surface area contributed by atoms with Crippen LogP contribution in [0.15, 0.2) is 0 Å². The van der Waals surface area contributed by atoms with Crippen LogP contribution in [0.5, 0.6) is 0 Å². The normalized spacial score (nSPS) is 41.7. The molecule has 1 aliphatic heterocycles. The van der Waals surface area contributed by atoms with Crippen molar-refractivity contribution in [2.24, 2.45) is 5.73 Å². The summed E-state index contributed by atoms with van der Waals surface area (Å²) in [6.07, 6.45) is -8.81. The van der Waals surface area contributed by atoms with Gasteiger partial charge in [0.15, 0.2) is 12.4 Å². The maximum absolute atomic E-state index is 10.7. The van der Waals surface area contributed by atoms with Crippen LogP contribution in [0.2, 0.25) is 0 Å². The molecule has 1 saturated heterocycles. The highest BCUT2D eigenvalue weighted by molar-refractivity contribution is 5.73. The minimum Gasteiger partial charge on any atom is -0.479 e. The summed E-state index contributed by atoms with van der Waals surface area (Å²) >= 11 is 0. The number of hydrogen-bond acceptors (Lipinski definition) is 7. The van der Waals surface area contributed by atoms with Crippen LogP contribution in [0.1, 0.15) is 6.92 Å². The lowest BCUT2D eigenvalue weighted by Gasteiger charge is -2.38. The molecule has 8 nitrogen and oxygen atoms in total. The van der Waals surface area contributed by atoms with E-state index in [4.69, 9.17) is 20.3 Å². The maximum atomic E-state index is 10.7. The lowest BCUT2D eigenvalue weighted by atomic mass is 9.99. The van der Waals surface area contributed by atoms with Gasteiger partial charge in [0, 0.05) is 0 Å². The summed E-state index contributed by atoms with van der Waals surface area (Å²) < 4.78 is 9.67. The van der Waals surface area contributed by atoms with Gasteiger partial charge in [-0.15, -0.1) is 0 Å². The van der Waals surface area contributed by atoms with Gasteiger partial charge in [-0.3, -0.25) is 0 Å². The largest absolute Gasteiger partial charge is 0.479 e.